The highest BCUT2D eigenvalue weighted by Gasteiger charge is 2.71. The number of hydrogen-bond acceptors (Lipinski definition) is 5. The Labute approximate surface area is 134 Å². The third kappa shape index (κ3) is 2.03. The summed E-state index contributed by atoms with van der Waals surface area (Å²) >= 11 is 0. The number of nitrogens with zero attached hydrogens (tertiary/aromatic N) is 1. The molecule has 0 aromatic carbocycles. The van der Waals surface area contributed by atoms with E-state index >= 15 is 0 Å². The van der Waals surface area contributed by atoms with Gasteiger partial charge in [-0.25, -0.2) is 4.79 Å². The first-order valence-corrected chi connectivity index (χ1v) is 7.86. The molecule has 0 saturated carbocycles. The molecule has 3 heterocycles. The molecule has 2 saturated heterocycles. The van der Waals surface area contributed by atoms with E-state index in [9.17, 15) is 14.4 Å². The highest BCUT2D eigenvalue weighted by molar-refractivity contribution is 6.08. The second kappa shape index (κ2) is 5.49. The molecular weight excluding hydrogens is 300 g/mol. The number of quaternary nitrogens is 1. The minimum absolute atomic E-state index is 0.231. The minimum atomic E-state index is -1.09. The Balaban J connectivity index is 2.10. The number of rotatable bonds is 4. The van der Waals surface area contributed by atoms with Crippen LogP contribution >= 0.6 is 0 Å². The van der Waals surface area contributed by atoms with Crippen molar-refractivity contribution in [2.45, 2.75) is 31.8 Å². The van der Waals surface area contributed by atoms with Crippen molar-refractivity contribution in [3.8, 4) is 0 Å². The molecule has 0 bridgehead atoms. The van der Waals surface area contributed by atoms with Gasteiger partial charge in [-0.3, -0.25) is 14.5 Å². The molecule has 2 aliphatic rings. The Hall–Kier alpha value is -2.15. The third-order valence-corrected chi connectivity index (χ3v) is 5.10. The molecular formula is C16H21N2O5+. The second-order valence-electron chi connectivity index (χ2n) is 6.06. The fraction of sp³-hybridized carbons (Fsp3) is 0.562. The molecule has 3 rings (SSSR count). The van der Waals surface area contributed by atoms with Gasteiger partial charge in [0, 0.05) is 13.5 Å². The maximum absolute atomic E-state index is 12.6. The lowest BCUT2D eigenvalue weighted by atomic mass is 9.78. The topological polar surface area (TPSA) is 93.4 Å². The molecule has 1 aromatic rings. The van der Waals surface area contributed by atoms with E-state index in [1.807, 2.05) is 6.92 Å². The Morgan fingerprint density at radius 3 is 2.70 bits per heavy atom. The lowest BCUT2D eigenvalue weighted by molar-refractivity contribution is -0.736. The number of furan rings is 1. The molecule has 2 amide bonds. The molecule has 124 valence electrons. The third-order valence-electron chi connectivity index (χ3n) is 5.10. The molecule has 7 nitrogen and oxygen atoms in total. The molecule has 0 unspecified atom stereocenters. The van der Waals surface area contributed by atoms with Gasteiger partial charge >= 0.3 is 5.97 Å². The summed E-state index contributed by atoms with van der Waals surface area (Å²) in [5.41, 5.74) is -1.09. The fourth-order valence-electron chi connectivity index (χ4n) is 3.95. The number of likely N-dealkylation sites (tertiary alicyclic amines) is 1. The molecule has 1 aromatic heterocycles. The molecule has 0 aliphatic carbocycles. The Morgan fingerprint density at radius 1 is 1.39 bits per heavy atom. The minimum Gasteiger partial charge on any atom is -0.463 e. The van der Waals surface area contributed by atoms with Crippen LogP contribution in [0.1, 0.15) is 32.1 Å². The van der Waals surface area contributed by atoms with Gasteiger partial charge in [-0.2, -0.15) is 0 Å². The number of carbonyl (C=O) groups excluding carboxylic acids is 3. The van der Waals surface area contributed by atoms with Crippen molar-refractivity contribution in [1.82, 2.24) is 4.90 Å². The summed E-state index contributed by atoms with van der Waals surface area (Å²) < 4.78 is 10.7. The summed E-state index contributed by atoms with van der Waals surface area (Å²) in [6, 6.07) is 3.10. The highest BCUT2D eigenvalue weighted by atomic mass is 16.5. The number of amides is 2. The SMILES string of the molecule is CCOC(=O)[C@@]1(CC)[NH2+][C@@H](c2ccco2)[C@H]2C(=O)N(C)C(=O)[C@@H]21. The Bertz CT molecular complexity index is 641. The first-order chi connectivity index (χ1) is 11.0. The molecule has 0 radical (unpaired) electrons. The van der Waals surface area contributed by atoms with E-state index in [4.69, 9.17) is 9.15 Å². The van der Waals surface area contributed by atoms with Crippen LogP contribution < -0.4 is 5.32 Å². The maximum atomic E-state index is 12.6. The van der Waals surface area contributed by atoms with Crippen LogP contribution in [0, 0.1) is 11.8 Å². The van der Waals surface area contributed by atoms with Gasteiger partial charge in [0.15, 0.2) is 11.8 Å². The van der Waals surface area contributed by atoms with Crippen molar-refractivity contribution in [1.29, 1.82) is 0 Å². The van der Waals surface area contributed by atoms with Gasteiger partial charge in [0.25, 0.3) is 0 Å². The molecule has 2 aliphatic heterocycles. The summed E-state index contributed by atoms with van der Waals surface area (Å²) in [7, 11) is 1.47. The van der Waals surface area contributed by atoms with Crippen LogP contribution in [0.4, 0.5) is 0 Å². The first kappa shape index (κ1) is 15.7. The summed E-state index contributed by atoms with van der Waals surface area (Å²) in [5, 5.41) is 1.79. The number of fused-ring (bicyclic) bond motifs is 1. The maximum Gasteiger partial charge on any atom is 0.368 e. The normalized spacial score (nSPS) is 33.2. The van der Waals surface area contributed by atoms with Gasteiger partial charge in [-0.1, -0.05) is 6.92 Å². The van der Waals surface area contributed by atoms with Crippen molar-refractivity contribution in [2.24, 2.45) is 11.8 Å². The van der Waals surface area contributed by atoms with Gasteiger partial charge in [0.1, 0.15) is 11.8 Å². The van der Waals surface area contributed by atoms with Gasteiger partial charge in [0.2, 0.25) is 17.4 Å². The van der Waals surface area contributed by atoms with E-state index in [1.54, 1.807) is 24.4 Å². The summed E-state index contributed by atoms with van der Waals surface area (Å²) in [4.78, 5) is 39.0. The molecule has 4 atom stereocenters. The molecule has 2 N–H and O–H groups in total. The van der Waals surface area contributed by atoms with E-state index < -0.39 is 29.4 Å². The van der Waals surface area contributed by atoms with Crippen molar-refractivity contribution in [3.05, 3.63) is 24.2 Å². The van der Waals surface area contributed by atoms with Crippen LogP contribution in [0.2, 0.25) is 0 Å². The van der Waals surface area contributed by atoms with Crippen molar-refractivity contribution >= 4 is 17.8 Å². The zero-order valence-electron chi connectivity index (χ0n) is 13.4. The van der Waals surface area contributed by atoms with E-state index in [0.29, 0.717) is 12.2 Å². The van der Waals surface area contributed by atoms with Crippen molar-refractivity contribution in [3.63, 3.8) is 0 Å². The van der Waals surface area contributed by atoms with E-state index in [-0.39, 0.29) is 18.4 Å². The zero-order chi connectivity index (χ0) is 16.8. The van der Waals surface area contributed by atoms with Gasteiger partial charge in [0.05, 0.1) is 12.9 Å². The van der Waals surface area contributed by atoms with Crippen LogP contribution in [0.5, 0.6) is 0 Å². The molecule has 7 heteroatoms. The van der Waals surface area contributed by atoms with Gasteiger partial charge in [-0.05, 0) is 19.1 Å². The van der Waals surface area contributed by atoms with E-state index in [2.05, 4.69) is 0 Å². The predicted molar refractivity (Wildman–Crippen MR) is 77.8 cm³/mol. The lowest BCUT2D eigenvalue weighted by Gasteiger charge is -2.27. The van der Waals surface area contributed by atoms with E-state index in [0.717, 1.165) is 4.90 Å². The number of imide groups is 1. The Morgan fingerprint density at radius 2 is 2.13 bits per heavy atom. The highest BCUT2D eigenvalue weighted by Crippen LogP contribution is 2.45. The number of carbonyl (C=O) groups is 3. The standard InChI is InChI=1S/C16H20N2O5/c1-4-16(15(21)22-5-2)11-10(13(19)18(3)14(11)20)12(17-16)9-7-6-8-23-9/h6-8,10-12,17H,4-5H2,1-3H3/p+1/t10-,11+,12-,16-/m0/s1. The molecule has 2 fully saturated rings. The Kier molecular flexibility index (Phi) is 3.75. The van der Waals surface area contributed by atoms with Crippen molar-refractivity contribution in [2.75, 3.05) is 13.7 Å². The van der Waals surface area contributed by atoms with Crippen LogP contribution in [0.3, 0.4) is 0 Å². The van der Waals surface area contributed by atoms with E-state index in [1.165, 1.54) is 13.3 Å². The van der Waals surface area contributed by atoms with Crippen LogP contribution in [-0.2, 0) is 19.1 Å². The largest absolute Gasteiger partial charge is 0.463 e. The summed E-state index contributed by atoms with van der Waals surface area (Å²) in [5.74, 6) is -1.77. The van der Waals surface area contributed by atoms with Gasteiger partial charge < -0.3 is 14.5 Å². The molecule has 0 spiro atoms. The van der Waals surface area contributed by atoms with Crippen LogP contribution in [-0.4, -0.2) is 41.9 Å². The average Bonchev–Trinajstić information content (AvgIpc) is 3.22. The van der Waals surface area contributed by atoms with Crippen molar-refractivity contribution < 1.29 is 28.9 Å². The monoisotopic (exact) mass is 321 g/mol. The number of esters is 1. The van der Waals surface area contributed by atoms with Gasteiger partial charge in [-0.15, -0.1) is 0 Å². The lowest BCUT2D eigenvalue weighted by Crippen LogP contribution is -2.98. The summed E-state index contributed by atoms with van der Waals surface area (Å²) in [6.07, 6.45) is 1.93. The smallest absolute Gasteiger partial charge is 0.368 e. The fourth-order valence-corrected chi connectivity index (χ4v) is 3.95. The zero-order valence-corrected chi connectivity index (χ0v) is 13.4. The average molecular weight is 321 g/mol. The molecule has 23 heavy (non-hydrogen) atoms. The van der Waals surface area contributed by atoms with Crippen LogP contribution in [0.15, 0.2) is 22.8 Å². The number of hydrogen-bond donors (Lipinski definition) is 1. The van der Waals surface area contributed by atoms with Crippen LogP contribution in [0.25, 0.3) is 0 Å². The number of nitrogens with two attached hydrogens (primary N) is 1. The summed E-state index contributed by atoms with van der Waals surface area (Å²) in [6.45, 7) is 3.80. The first-order valence-electron chi connectivity index (χ1n) is 7.86. The quantitative estimate of drug-likeness (QED) is 0.614. The number of ether oxygens (including phenoxy) is 1. The predicted octanol–water partition coefficient (Wildman–Crippen LogP) is -0.159. The second-order valence-corrected chi connectivity index (χ2v) is 6.06.